The van der Waals surface area contributed by atoms with E-state index in [1.807, 2.05) is 6.07 Å². The van der Waals surface area contributed by atoms with Gasteiger partial charge in [0.1, 0.15) is 17.9 Å². The Morgan fingerprint density at radius 2 is 1.84 bits per heavy atom. The number of fused-ring (bicyclic) bond motifs is 1. The largest absolute Gasteiger partial charge is 0.490 e. The lowest BCUT2D eigenvalue weighted by atomic mass is 9.93. The van der Waals surface area contributed by atoms with Gasteiger partial charge in [0, 0.05) is 6.04 Å². The molecular formula is C24H31N3O5. The number of benzene rings is 1. The third-order valence-corrected chi connectivity index (χ3v) is 6.49. The van der Waals surface area contributed by atoms with Crippen molar-refractivity contribution >= 4 is 28.5 Å². The Hall–Kier alpha value is -2.87. The van der Waals surface area contributed by atoms with E-state index in [-0.39, 0.29) is 42.0 Å². The number of carbonyl (C=O) groups is 2. The average molecular weight is 442 g/mol. The predicted molar refractivity (Wildman–Crippen MR) is 121 cm³/mol. The number of amides is 1. The van der Waals surface area contributed by atoms with Crippen LogP contribution in [0.15, 0.2) is 18.2 Å². The summed E-state index contributed by atoms with van der Waals surface area (Å²) in [6.07, 6.45) is 7.89. The molecule has 2 saturated carbocycles. The number of nitrogen functional groups attached to an aromatic ring is 1. The highest BCUT2D eigenvalue weighted by atomic mass is 16.5. The molecule has 2 aliphatic rings. The molecular weight excluding hydrogens is 410 g/mol. The second-order valence-electron chi connectivity index (χ2n) is 8.82. The van der Waals surface area contributed by atoms with Crippen molar-refractivity contribution in [2.24, 2.45) is 0 Å². The zero-order valence-corrected chi connectivity index (χ0v) is 18.4. The summed E-state index contributed by atoms with van der Waals surface area (Å²) in [5.41, 5.74) is 7.41. The summed E-state index contributed by atoms with van der Waals surface area (Å²) in [6.45, 7) is 1.77. The van der Waals surface area contributed by atoms with Crippen LogP contribution in [0.5, 0.6) is 5.75 Å². The minimum Gasteiger partial charge on any atom is -0.490 e. The van der Waals surface area contributed by atoms with E-state index in [2.05, 4.69) is 10.3 Å². The first-order chi connectivity index (χ1) is 15.4. The molecule has 1 aromatic heterocycles. The maximum atomic E-state index is 12.2. The molecule has 0 aliphatic heterocycles. The summed E-state index contributed by atoms with van der Waals surface area (Å²) in [4.78, 5) is 28.2. The molecule has 4 N–H and O–H groups in total. The summed E-state index contributed by atoms with van der Waals surface area (Å²) < 4.78 is 11.9. The number of carbonyl (C=O) groups excluding carboxylic acids is 1. The van der Waals surface area contributed by atoms with E-state index in [0.717, 1.165) is 38.5 Å². The monoisotopic (exact) mass is 441 g/mol. The van der Waals surface area contributed by atoms with Gasteiger partial charge in [-0.3, -0.25) is 9.78 Å². The molecule has 32 heavy (non-hydrogen) atoms. The second kappa shape index (κ2) is 9.73. The number of rotatable bonds is 7. The number of nitrogens with two attached hydrogens (primary N) is 1. The Morgan fingerprint density at radius 3 is 2.53 bits per heavy atom. The van der Waals surface area contributed by atoms with Crippen molar-refractivity contribution in [1.82, 2.24) is 10.3 Å². The van der Waals surface area contributed by atoms with Crippen molar-refractivity contribution in [3.8, 4) is 5.75 Å². The number of aromatic nitrogens is 1. The van der Waals surface area contributed by atoms with Gasteiger partial charge in [0.15, 0.2) is 0 Å². The minimum atomic E-state index is -1.10. The summed E-state index contributed by atoms with van der Waals surface area (Å²) in [5.74, 6) is -0.601. The van der Waals surface area contributed by atoms with Gasteiger partial charge in [0.05, 0.1) is 34.5 Å². The number of aromatic carboxylic acids is 1. The van der Waals surface area contributed by atoms with Crippen LogP contribution in [0, 0.1) is 6.92 Å². The van der Waals surface area contributed by atoms with E-state index in [1.165, 1.54) is 12.8 Å². The van der Waals surface area contributed by atoms with Gasteiger partial charge in [0.25, 0.3) is 0 Å². The van der Waals surface area contributed by atoms with E-state index in [4.69, 9.17) is 15.2 Å². The first kappa shape index (κ1) is 22.3. The predicted octanol–water partition coefficient (Wildman–Crippen LogP) is 3.59. The van der Waals surface area contributed by atoms with Crippen LogP contribution in [0.2, 0.25) is 0 Å². The van der Waals surface area contributed by atoms with Gasteiger partial charge in [-0.1, -0.05) is 18.9 Å². The van der Waals surface area contributed by atoms with Crippen LogP contribution in [-0.2, 0) is 9.53 Å². The molecule has 4 rings (SSSR count). The van der Waals surface area contributed by atoms with Crippen LogP contribution in [-0.4, -0.2) is 46.8 Å². The van der Waals surface area contributed by atoms with Crippen molar-refractivity contribution in [1.29, 1.82) is 0 Å². The first-order valence-electron chi connectivity index (χ1n) is 11.4. The fraction of sp³-hybridized carbons (Fsp3) is 0.542. The molecule has 172 valence electrons. The van der Waals surface area contributed by atoms with Crippen molar-refractivity contribution < 1.29 is 24.2 Å². The number of anilines is 1. The molecule has 2 fully saturated rings. The van der Waals surface area contributed by atoms with Gasteiger partial charge in [0.2, 0.25) is 5.91 Å². The maximum Gasteiger partial charge on any atom is 0.339 e. The fourth-order valence-electron chi connectivity index (χ4n) is 4.83. The molecule has 1 aromatic carbocycles. The van der Waals surface area contributed by atoms with Crippen LogP contribution in [0.25, 0.3) is 10.9 Å². The molecule has 1 amide bonds. The molecule has 8 heteroatoms. The maximum absolute atomic E-state index is 12.2. The number of aryl methyl sites for hydroxylation is 1. The molecule has 0 radical (unpaired) electrons. The number of pyridine rings is 1. The van der Waals surface area contributed by atoms with Crippen LogP contribution in [0.3, 0.4) is 0 Å². The zero-order valence-electron chi connectivity index (χ0n) is 18.4. The number of carboxylic acids is 1. The SMILES string of the molecule is Cc1nc2cccc(O[C@H]3CC[C@H](NC(=O)COC4CCCC4)CC3)c2c(N)c1C(=O)O. The molecule has 0 bridgehead atoms. The molecule has 8 nitrogen and oxygen atoms in total. The third kappa shape index (κ3) is 4.96. The summed E-state index contributed by atoms with van der Waals surface area (Å²) in [7, 11) is 0. The van der Waals surface area contributed by atoms with Crippen LogP contribution >= 0.6 is 0 Å². The first-order valence-corrected chi connectivity index (χ1v) is 11.4. The van der Waals surface area contributed by atoms with Crippen LogP contribution in [0.4, 0.5) is 5.69 Å². The Bertz CT molecular complexity index is 995. The van der Waals surface area contributed by atoms with Crippen LogP contribution < -0.4 is 15.8 Å². The molecule has 0 atom stereocenters. The zero-order chi connectivity index (χ0) is 22.7. The van der Waals surface area contributed by atoms with Gasteiger partial charge in [-0.25, -0.2) is 4.79 Å². The molecule has 0 spiro atoms. The number of ether oxygens (including phenoxy) is 2. The number of hydrogen-bond acceptors (Lipinski definition) is 6. The smallest absolute Gasteiger partial charge is 0.339 e. The highest BCUT2D eigenvalue weighted by Gasteiger charge is 2.26. The summed E-state index contributed by atoms with van der Waals surface area (Å²) >= 11 is 0. The Kier molecular flexibility index (Phi) is 6.79. The van der Waals surface area contributed by atoms with E-state index < -0.39 is 5.97 Å². The lowest BCUT2D eigenvalue weighted by molar-refractivity contribution is -0.128. The van der Waals surface area contributed by atoms with Gasteiger partial charge in [-0.15, -0.1) is 0 Å². The Labute approximate surface area is 187 Å². The van der Waals surface area contributed by atoms with Gasteiger partial charge < -0.3 is 25.6 Å². The number of nitrogens with one attached hydrogen (secondary N) is 1. The average Bonchev–Trinajstić information content (AvgIpc) is 3.27. The van der Waals surface area contributed by atoms with E-state index in [1.54, 1.807) is 19.1 Å². The topological polar surface area (TPSA) is 124 Å². The fourth-order valence-corrected chi connectivity index (χ4v) is 4.83. The number of hydrogen-bond donors (Lipinski definition) is 3. The normalized spacial score (nSPS) is 21.5. The molecule has 2 aromatic rings. The molecule has 2 aliphatic carbocycles. The standard InChI is InChI=1S/C24H31N3O5/c1-14-21(24(29)30)23(25)22-18(26-14)7-4-8-19(22)32-17-11-9-15(10-12-17)27-20(28)13-31-16-5-2-3-6-16/h4,7-8,15-17H,2-3,5-6,9-13H2,1H3,(H2,25,26)(H,27,28)(H,29,30)/t15-,17-. The van der Waals surface area contributed by atoms with Crippen molar-refractivity contribution in [3.05, 3.63) is 29.5 Å². The molecule has 0 unspecified atom stereocenters. The number of nitrogens with zero attached hydrogens (tertiary/aromatic N) is 1. The van der Waals surface area contributed by atoms with E-state index >= 15 is 0 Å². The van der Waals surface area contributed by atoms with Crippen molar-refractivity contribution in [2.75, 3.05) is 12.3 Å². The highest BCUT2D eigenvalue weighted by Crippen LogP contribution is 2.35. The molecule has 0 saturated heterocycles. The lowest BCUT2D eigenvalue weighted by Gasteiger charge is -2.30. The Morgan fingerprint density at radius 1 is 1.12 bits per heavy atom. The quantitative estimate of drug-likeness (QED) is 0.600. The summed E-state index contributed by atoms with van der Waals surface area (Å²) in [5, 5.41) is 13.1. The highest BCUT2D eigenvalue weighted by molar-refractivity contribution is 6.06. The third-order valence-electron chi connectivity index (χ3n) is 6.49. The van der Waals surface area contributed by atoms with E-state index in [9.17, 15) is 14.7 Å². The van der Waals surface area contributed by atoms with Gasteiger partial charge in [-0.2, -0.15) is 0 Å². The Balaban J connectivity index is 1.35. The van der Waals surface area contributed by atoms with Gasteiger partial charge >= 0.3 is 5.97 Å². The number of carboxylic acid groups (broad SMARTS) is 1. The molecule has 1 heterocycles. The van der Waals surface area contributed by atoms with Crippen molar-refractivity contribution in [2.45, 2.75) is 76.5 Å². The minimum absolute atomic E-state index is 0.0137. The van der Waals surface area contributed by atoms with Gasteiger partial charge in [-0.05, 0) is 57.6 Å². The second-order valence-corrected chi connectivity index (χ2v) is 8.82. The van der Waals surface area contributed by atoms with Crippen molar-refractivity contribution in [3.63, 3.8) is 0 Å². The lowest BCUT2D eigenvalue weighted by Crippen LogP contribution is -2.41. The van der Waals surface area contributed by atoms with E-state index in [0.29, 0.717) is 22.3 Å². The summed E-state index contributed by atoms with van der Waals surface area (Å²) in [6, 6.07) is 5.56. The van der Waals surface area contributed by atoms with Crippen LogP contribution in [0.1, 0.15) is 67.4 Å².